The molecular formula is C17H16ClNO2. The van der Waals surface area contributed by atoms with E-state index < -0.39 is 0 Å². The Morgan fingerprint density at radius 3 is 2.57 bits per heavy atom. The fourth-order valence-electron chi connectivity index (χ4n) is 2.61. The molecule has 3 nitrogen and oxygen atoms in total. The molecule has 0 atom stereocenters. The number of carbonyl (C=O) groups is 1. The molecule has 1 fully saturated rings. The molecule has 0 saturated heterocycles. The van der Waals surface area contributed by atoms with Gasteiger partial charge in [0.25, 0.3) is 0 Å². The van der Waals surface area contributed by atoms with Crippen LogP contribution in [0.3, 0.4) is 0 Å². The van der Waals surface area contributed by atoms with E-state index in [1.165, 1.54) is 6.08 Å². The number of benzene rings is 1. The summed E-state index contributed by atoms with van der Waals surface area (Å²) in [7, 11) is 0. The highest BCUT2D eigenvalue weighted by Crippen LogP contribution is 2.41. The smallest absolute Gasteiger partial charge is 0.244 e. The van der Waals surface area contributed by atoms with E-state index in [1.807, 2.05) is 30.3 Å². The zero-order valence-electron chi connectivity index (χ0n) is 11.5. The molecule has 3 rings (SSSR count). The minimum Gasteiger partial charge on any atom is -0.465 e. The summed E-state index contributed by atoms with van der Waals surface area (Å²) in [5.74, 6) is 0.556. The van der Waals surface area contributed by atoms with Crippen molar-refractivity contribution >= 4 is 23.6 Å². The predicted octanol–water partition coefficient (Wildman–Crippen LogP) is 4.14. The van der Waals surface area contributed by atoms with Crippen molar-refractivity contribution in [2.75, 3.05) is 0 Å². The second-order valence-corrected chi connectivity index (χ2v) is 5.72. The molecule has 0 unspecified atom stereocenters. The lowest BCUT2D eigenvalue weighted by Gasteiger charge is -2.43. The number of hydrogen-bond donors (Lipinski definition) is 1. The van der Waals surface area contributed by atoms with E-state index in [9.17, 15) is 4.79 Å². The summed E-state index contributed by atoms with van der Waals surface area (Å²) < 4.78 is 5.17. The van der Waals surface area contributed by atoms with Crippen molar-refractivity contribution in [3.05, 3.63) is 65.1 Å². The topological polar surface area (TPSA) is 42.2 Å². The third kappa shape index (κ3) is 3.03. The highest BCUT2D eigenvalue weighted by molar-refractivity contribution is 6.30. The summed E-state index contributed by atoms with van der Waals surface area (Å²) in [6.45, 7) is 0. The largest absolute Gasteiger partial charge is 0.465 e. The molecular weight excluding hydrogens is 286 g/mol. The summed E-state index contributed by atoms with van der Waals surface area (Å²) in [6, 6.07) is 11.3. The van der Waals surface area contributed by atoms with Gasteiger partial charge in [-0.1, -0.05) is 23.7 Å². The second-order valence-electron chi connectivity index (χ2n) is 5.28. The lowest BCUT2D eigenvalue weighted by atomic mass is 9.72. The van der Waals surface area contributed by atoms with E-state index in [2.05, 4.69) is 5.32 Å². The van der Waals surface area contributed by atoms with Crippen LogP contribution in [0.2, 0.25) is 5.02 Å². The number of rotatable bonds is 4. The van der Waals surface area contributed by atoms with Gasteiger partial charge < -0.3 is 9.73 Å². The first kappa shape index (κ1) is 14.0. The zero-order valence-corrected chi connectivity index (χ0v) is 12.3. The van der Waals surface area contributed by atoms with Crippen LogP contribution in [-0.2, 0) is 10.3 Å². The number of halogens is 1. The van der Waals surface area contributed by atoms with Crippen molar-refractivity contribution in [1.82, 2.24) is 5.32 Å². The van der Waals surface area contributed by atoms with Gasteiger partial charge in [-0.05, 0) is 55.2 Å². The van der Waals surface area contributed by atoms with E-state index in [4.69, 9.17) is 16.0 Å². The van der Waals surface area contributed by atoms with E-state index in [0.29, 0.717) is 10.8 Å². The average molecular weight is 302 g/mol. The fraction of sp³-hybridized carbons (Fsp3) is 0.235. The van der Waals surface area contributed by atoms with Gasteiger partial charge in [0, 0.05) is 11.1 Å². The molecule has 1 aromatic heterocycles. The standard InChI is InChI=1S/C17H16ClNO2/c18-14-6-4-13(5-7-14)17(10-2-11-17)19-16(20)9-8-15-3-1-12-21-15/h1,3-9,12H,2,10-11H2,(H,19,20). The van der Waals surface area contributed by atoms with Gasteiger partial charge >= 0.3 is 0 Å². The summed E-state index contributed by atoms with van der Waals surface area (Å²) in [4.78, 5) is 12.1. The Morgan fingerprint density at radius 1 is 1.24 bits per heavy atom. The molecule has 1 saturated carbocycles. The Hall–Kier alpha value is -2.00. The van der Waals surface area contributed by atoms with E-state index in [-0.39, 0.29) is 11.4 Å². The zero-order chi connectivity index (χ0) is 14.7. The third-order valence-corrected chi connectivity index (χ3v) is 4.16. The van der Waals surface area contributed by atoms with Crippen molar-refractivity contribution in [1.29, 1.82) is 0 Å². The Morgan fingerprint density at radius 2 is 2.00 bits per heavy atom. The van der Waals surface area contributed by atoms with E-state index in [1.54, 1.807) is 18.4 Å². The van der Waals surface area contributed by atoms with Crippen LogP contribution in [0.1, 0.15) is 30.6 Å². The fourth-order valence-corrected chi connectivity index (χ4v) is 2.73. The van der Waals surface area contributed by atoms with Crippen LogP contribution in [0.5, 0.6) is 0 Å². The summed E-state index contributed by atoms with van der Waals surface area (Å²) in [5.41, 5.74) is 0.854. The van der Waals surface area contributed by atoms with Gasteiger partial charge in [-0.2, -0.15) is 0 Å². The van der Waals surface area contributed by atoms with Crippen molar-refractivity contribution < 1.29 is 9.21 Å². The first-order valence-electron chi connectivity index (χ1n) is 6.98. The van der Waals surface area contributed by atoms with Crippen LogP contribution >= 0.6 is 11.6 Å². The summed E-state index contributed by atoms with van der Waals surface area (Å²) >= 11 is 5.93. The Balaban J connectivity index is 1.72. The molecule has 4 heteroatoms. The van der Waals surface area contributed by atoms with Gasteiger partial charge in [0.05, 0.1) is 11.8 Å². The molecule has 1 N–H and O–H groups in total. The predicted molar refractivity (Wildman–Crippen MR) is 82.9 cm³/mol. The van der Waals surface area contributed by atoms with Gasteiger partial charge in [0.15, 0.2) is 0 Å². The highest BCUT2D eigenvalue weighted by Gasteiger charge is 2.39. The number of hydrogen-bond acceptors (Lipinski definition) is 2. The maximum atomic E-state index is 12.1. The number of furan rings is 1. The van der Waals surface area contributed by atoms with Crippen LogP contribution in [0, 0.1) is 0 Å². The molecule has 21 heavy (non-hydrogen) atoms. The highest BCUT2D eigenvalue weighted by atomic mass is 35.5. The lowest BCUT2D eigenvalue weighted by molar-refractivity contribution is -0.119. The molecule has 1 heterocycles. The monoisotopic (exact) mass is 301 g/mol. The van der Waals surface area contributed by atoms with Crippen LogP contribution in [0.15, 0.2) is 53.2 Å². The normalized spacial score (nSPS) is 16.6. The van der Waals surface area contributed by atoms with Crippen LogP contribution in [0.25, 0.3) is 6.08 Å². The Kier molecular flexibility index (Phi) is 3.84. The quantitative estimate of drug-likeness (QED) is 0.862. The molecule has 2 aromatic rings. The van der Waals surface area contributed by atoms with Crippen LogP contribution in [0.4, 0.5) is 0 Å². The summed E-state index contributed by atoms with van der Waals surface area (Å²) in [6.07, 6.45) is 7.78. The second kappa shape index (κ2) is 5.78. The van der Waals surface area contributed by atoms with Crippen LogP contribution in [-0.4, -0.2) is 5.91 Å². The molecule has 0 spiro atoms. The van der Waals surface area contributed by atoms with Crippen LogP contribution < -0.4 is 5.32 Å². The van der Waals surface area contributed by atoms with Crippen molar-refractivity contribution in [3.63, 3.8) is 0 Å². The molecule has 1 aliphatic carbocycles. The van der Waals surface area contributed by atoms with E-state index >= 15 is 0 Å². The average Bonchev–Trinajstić information content (AvgIpc) is 2.95. The van der Waals surface area contributed by atoms with Crippen molar-refractivity contribution in [3.8, 4) is 0 Å². The number of nitrogens with one attached hydrogen (secondary N) is 1. The van der Waals surface area contributed by atoms with Gasteiger partial charge in [-0.25, -0.2) is 0 Å². The maximum Gasteiger partial charge on any atom is 0.244 e. The van der Waals surface area contributed by atoms with Crippen molar-refractivity contribution in [2.24, 2.45) is 0 Å². The molecule has 0 bridgehead atoms. The first-order valence-corrected chi connectivity index (χ1v) is 7.36. The number of amides is 1. The SMILES string of the molecule is O=C(C=Cc1ccco1)NC1(c2ccc(Cl)cc2)CCC1. The maximum absolute atomic E-state index is 12.1. The van der Waals surface area contributed by atoms with Gasteiger partial charge in [0.1, 0.15) is 5.76 Å². The molecule has 1 aliphatic rings. The molecule has 0 aliphatic heterocycles. The third-order valence-electron chi connectivity index (χ3n) is 3.91. The van der Waals surface area contributed by atoms with E-state index in [0.717, 1.165) is 24.8 Å². The minimum absolute atomic E-state index is 0.110. The Labute approximate surface area is 128 Å². The van der Waals surface area contributed by atoms with Gasteiger partial charge in [-0.3, -0.25) is 4.79 Å². The minimum atomic E-state index is -0.255. The number of carbonyl (C=O) groups excluding carboxylic acids is 1. The molecule has 1 amide bonds. The van der Waals surface area contributed by atoms with Crippen molar-refractivity contribution in [2.45, 2.75) is 24.8 Å². The molecule has 1 aromatic carbocycles. The first-order chi connectivity index (χ1) is 10.2. The molecule has 108 valence electrons. The molecule has 0 radical (unpaired) electrons. The Bertz CT molecular complexity index is 640. The van der Waals surface area contributed by atoms with Gasteiger partial charge in [-0.15, -0.1) is 0 Å². The van der Waals surface area contributed by atoms with Gasteiger partial charge in [0.2, 0.25) is 5.91 Å². The lowest BCUT2D eigenvalue weighted by Crippen LogP contribution is -2.50. The summed E-state index contributed by atoms with van der Waals surface area (Å²) in [5, 5.41) is 3.82.